The van der Waals surface area contributed by atoms with Crippen molar-refractivity contribution in [2.75, 3.05) is 23.8 Å². The Morgan fingerprint density at radius 1 is 1.31 bits per heavy atom. The zero-order valence-corrected chi connectivity index (χ0v) is 19.0. The van der Waals surface area contributed by atoms with Gasteiger partial charge in [-0.15, -0.1) is 5.10 Å². The van der Waals surface area contributed by atoms with Crippen LogP contribution in [0.3, 0.4) is 0 Å². The number of imidazole rings is 1. The Morgan fingerprint density at radius 3 is 2.66 bits per heavy atom. The molecule has 0 aliphatic carbocycles. The van der Waals surface area contributed by atoms with Crippen LogP contribution in [0.15, 0.2) is 24.3 Å². The van der Waals surface area contributed by atoms with Gasteiger partial charge in [0.2, 0.25) is 16.0 Å². The van der Waals surface area contributed by atoms with E-state index in [9.17, 15) is 4.79 Å². The van der Waals surface area contributed by atoms with E-state index in [4.69, 9.17) is 10.1 Å². The highest BCUT2D eigenvalue weighted by molar-refractivity contribution is 7.20. The van der Waals surface area contributed by atoms with Crippen molar-refractivity contribution in [1.82, 2.24) is 19.9 Å². The van der Waals surface area contributed by atoms with Gasteiger partial charge in [0.1, 0.15) is 5.69 Å². The molecule has 29 heavy (non-hydrogen) atoms. The summed E-state index contributed by atoms with van der Waals surface area (Å²) in [4.78, 5) is 19.6. The summed E-state index contributed by atoms with van der Waals surface area (Å²) >= 11 is 1.47. The summed E-state index contributed by atoms with van der Waals surface area (Å²) in [5.41, 5.74) is 2.97. The van der Waals surface area contributed by atoms with Crippen LogP contribution < -0.4 is 15.5 Å². The molecule has 0 unspecified atom stereocenters. The van der Waals surface area contributed by atoms with Crippen LogP contribution >= 0.6 is 11.3 Å². The normalized spacial score (nSPS) is 11.9. The zero-order valence-electron chi connectivity index (χ0n) is 18.2. The maximum Gasteiger partial charge on any atom is 0.239 e. The molecule has 0 saturated heterocycles. The van der Waals surface area contributed by atoms with Crippen LogP contribution in [-0.4, -0.2) is 45.7 Å². The number of carbonyl (C=O) groups is 1. The van der Waals surface area contributed by atoms with E-state index < -0.39 is 0 Å². The fourth-order valence-electron chi connectivity index (χ4n) is 3.00. The number of fused-ring (bicyclic) bond motifs is 1. The van der Waals surface area contributed by atoms with E-state index in [1.807, 2.05) is 36.4 Å². The molecule has 0 saturated carbocycles. The first-order valence-corrected chi connectivity index (χ1v) is 10.6. The number of carbonyl (C=O) groups excluding carboxylic acids is 1. The lowest BCUT2D eigenvalue weighted by Gasteiger charge is -2.22. The largest absolute Gasteiger partial charge is 0.364 e. The summed E-state index contributed by atoms with van der Waals surface area (Å²) in [5, 5.41) is 12.0. The summed E-state index contributed by atoms with van der Waals surface area (Å²) in [7, 11) is 1.87. The summed E-state index contributed by atoms with van der Waals surface area (Å²) in [5.74, 6) is 0.837. The molecule has 156 valence electrons. The van der Waals surface area contributed by atoms with E-state index in [0.717, 1.165) is 27.2 Å². The van der Waals surface area contributed by atoms with E-state index in [-0.39, 0.29) is 24.0 Å². The van der Waals surface area contributed by atoms with Crippen molar-refractivity contribution in [3.05, 3.63) is 29.8 Å². The van der Waals surface area contributed by atoms with E-state index in [1.54, 1.807) is 0 Å². The second-order valence-corrected chi connectivity index (χ2v) is 9.65. The van der Waals surface area contributed by atoms with Gasteiger partial charge in [0, 0.05) is 24.2 Å². The van der Waals surface area contributed by atoms with Gasteiger partial charge < -0.3 is 15.5 Å². The molecule has 0 radical (unpaired) electrons. The molecule has 3 aromatic rings. The maximum atomic E-state index is 12.1. The number of hydrogen-bond donors (Lipinski definition) is 2. The SMILES string of the molecule is Cc1cccc(-c2nc3sc(N(C)CC(=O)NC(C)C)nn3c2NC(C)(C)C)c1. The number of benzene rings is 1. The number of amides is 1. The quantitative estimate of drug-likeness (QED) is 0.639. The Balaban J connectivity index is 1.99. The van der Waals surface area contributed by atoms with Crippen molar-refractivity contribution in [2.45, 2.75) is 53.1 Å². The number of aryl methyl sites for hydroxylation is 1. The van der Waals surface area contributed by atoms with Crippen LogP contribution in [0.4, 0.5) is 10.9 Å². The van der Waals surface area contributed by atoms with Crippen molar-refractivity contribution in [3.8, 4) is 11.3 Å². The number of hydrogen-bond acceptors (Lipinski definition) is 6. The number of nitrogens with zero attached hydrogens (tertiary/aromatic N) is 4. The van der Waals surface area contributed by atoms with Gasteiger partial charge in [-0.1, -0.05) is 35.1 Å². The third kappa shape index (κ3) is 5.06. The fourth-order valence-corrected chi connectivity index (χ4v) is 3.87. The summed E-state index contributed by atoms with van der Waals surface area (Å²) in [6, 6.07) is 8.43. The van der Waals surface area contributed by atoms with Crippen molar-refractivity contribution in [1.29, 1.82) is 0 Å². The molecule has 1 aromatic carbocycles. The van der Waals surface area contributed by atoms with Crippen molar-refractivity contribution >= 4 is 33.2 Å². The lowest BCUT2D eigenvalue weighted by atomic mass is 10.1. The second kappa shape index (κ2) is 8.02. The average Bonchev–Trinajstić information content (AvgIpc) is 3.12. The predicted octanol–water partition coefficient (Wildman–Crippen LogP) is 3.94. The van der Waals surface area contributed by atoms with Gasteiger partial charge in [-0.3, -0.25) is 4.79 Å². The number of aromatic nitrogens is 3. The smallest absolute Gasteiger partial charge is 0.239 e. The molecule has 0 atom stereocenters. The van der Waals surface area contributed by atoms with Crippen LogP contribution in [0.2, 0.25) is 0 Å². The highest BCUT2D eigenvalue weighted by Crippen LogP contribution is 2.34. The Hall–Kier alpha value is -2.61. The predicted molar refractivity (Wildman–Crippen MR) is 121 cm³/mol. The topological polar surface area (TPSA) is 74.6 Å². The molecule has 1 amide bonds. The van der Waals surface area contributed by atoms with Gasteiger partial charge >= 0.3 is 0 Å². The highest BCUT2D eigenvalue weighted by atomic mass is 32.1. The van der Waals surface area contributed by atoms with Gasteiger partial charge in [-0.25, -0.2) is 4.98 Å². The molecule has 0 fully saturated rings. The molecule has 0 bridgehead atoms. The minimum Gasteiger partial charge on any atom is -0.364 e. The average molecular weight is 415 g/mol. The van der Waals surface area contributed by atoms with Crippen LogP contribution in [0.25, 0.3) is 16.2 Å². The van der Waals surface area contributed by atoms with E-state index in [2.05, 4.69) is 56.5 Å². The number of anilines is 2. The first-order valence-electron chi connectivity index (χ1n) is 9.79. The molecule has 3 rings (SSSR count). The Kier molecular flexibility index (Phi) is 5.84. The minimum absolute atomic E-state index is 0.0242. The highest BCUT2D eigenvalue weighted by Gasteiger charge is 2.23. The third-order valence-corrected chi connectivity index (χ3v) is 5.16. The second-order valence-electron chi connectivity index (χ2n) is 8.71. The van der Waals surface area contributed by atoms with Gasteiger partial charge in [-0.05, 0) is 47.6 Å². The molecule has 0 spiro atoms. The van der Waals surface area contributed by atoms with Gasteiger partial charge in [0.15, 0.2) is 5.82 Å². The van der Waals surface area contributed by atoms with Crippen LogP contribution in [0.5, 0.6) is 0 Å². The molecule has 2 heterocycles. The van der Waals surface area contributed by atoms with Crippen LogP contribution in [0, 0.1) is 6.92 Å². The van der Waals surface area contributed by atoms with Crippen molar-refractivity contribution in [2.24, 2.45) is 0 Å². The van der Waals surface area contributed by atoms with Gasteiger partial charge in [0.05, 0.1) is 6.54 Å². The number of rotatable bonds is 6. The van der Waals surface area contributed by atoms with Gasteiger partial charge in [-0.2, -0.15) is 4.52 Å². The minimum atomic E-state index is -0.151. The fraction of sp³-hybridized carbons (Fsp3) is 0.476. The molecule has 8 heteroatoms. The molecular weight excluding hydrogens is 384 g/mol. The molecule has 2 aromatic heterocycles. The Labute approximate surface area is 176 Å². The van der Waals surface area contributed by atoms with E-state index in [0.29, 0.717) is 0 Å². The zero-order chi connectivity index (χ0) is 21.3. The Bertz CT molecular complexity index is 1010. The van der Waals surface area contributed by atoms with Crippen molar-refractivity contribution < 1.29 is 4.79 Å². The third-order valence-electron chi connectivity index (χ3n) is 4.13. The molecule has 0 aliphatic rings. The summed E-state index contributed by atoms with van der Waals surface area (Å²) in [6.07, 6.45) is 0. The number of nitrogens with one attached hydrogen (secondary N) is 2. The summed E-state index contributed by atoms with van der Waals surface area (Å²) < 4.78 is 1.85. The lowest BCUT2D eigenvalue weighted by Crippen LogP contribution is -2.38. The Morgan fingerprint density at radius 2 is 2.03 bits per heavy atom. The molecule has 0 aliphatic heterocycles. The first-order chi connectivity index (χ1) is 13.5. The number of likely N-dealkylation sites (N-methyl/N-ethyl adjacent to an activating group) is 1. The van der Waals surface area contributed by atoms with E-state index >= 15 is 0 Å². The van der Waals surface area contributed by atoms with Crippen LogP contribution in [0.1, 0.15) is 40.2 Å². The van der Waals surface area contributed by atoms with Gasteiger partial charge in [0.25, 0.3) is 0 Å². The maximum absolute atomic E-state index is 12.1. The molecule has 7 nitrogen and oxygen atoms in total. The van der Waals surface area contributed by atoms with Crippen LogP contribution in [-0.2, 0) is 4.79 Å². The van der Waals surface area contributed by atoms with E-state index in [1.165, 1.54) is 16.9 Å². The summed E-state index contributed by atoms with van der Waals surface area (Å²) in [6.45, 7) is 12.6. The first kappa shape index (κ1) is 21.1. The molecular formula is C21H30N6OS. The monoisotopic (exact) mass is 414 g/mol. The standard InChI is InChI=1S/C21H30N6OS/c1-13(2)22-16(28)12-26(7)20-25-27-18(24-21(4,5)6)17(23-19(27)29-20)15-10-8-9-14(3)11-15/h8-11,13,24H,12H2,1-7H3,(H,22,28). The van der Waals surface area contributed by atoms with Crippen molar-refractivity contribution in [3.63, 3.8) is 0 Å². The molecule has 2 N–H and O–H groups in total. The lowest BCUT2D eigenvalue weighted by molar-refractivity contribution is -0.120.